The zero-order valence-electron chi connectivity index (χ0n) is 26.6. The first-order valence-corrected chi connectivity index (χ1v) is 16.9. The molecule has 0 radical (unpaired) electrons. The molecule has 1 heterocycles. The summed E-state index contributed by atoms with van der Waals surface area (Å²) < 4.78 is 38.2. The van der Waals surface area contributed by atoms with Crippen molar-refractivity contribution in [3.8, 4) is 0 Å². The molecule has 1 fully saturated rings. The normalized spacial score (nSPS) is 21.1. The number of carbonyl (C=O) groups is 1. The SMILES string of the molecule is CCOC(=O)/C=C/S[C@H]1O[C@H](COCc2ccccc2)[C@@H](OCc2ccccc2)[C@H](OCc2ccccc2)[C@H]1OCc1ccccc1. The third kappa shape index (κ3) is 11.2. The van der Waals surface area contributed by atoms with E-state index in [4.69, 9.17) is 28.4 Å². The van der Waals surface area contributed by atoms with Crippen LogP contribution in [0.5, 0.6) is 0 Å². The Bertz CT molecular complexity index is 1470. The van der Waals surface area contributed by atoms with Crippen LogP contribution >= 0.6 is 11.8 Å². The van der Waals surface area contributed by atoms with Gasteiger partial charge in [-0.05, 0) is 34.6 Å². The lowest BCUT2D eigenvalue weighted by Crippen LogP contribution is -2.60. The van der Waals surface area contributed by atoms with Crippen LogP contribution in [0.25, 0.3) is 0 Å². The van der Waals surface area contributed by atoms with Gasteiger partial charge in [0.05, 0.1) is 39.6 Å². The topological polar surface area (TPSA) is 72.5 Å². The maximum Gasteiger partial charge on any atom is 0.331 e. The fraction of sp³-hybridized carbons (Fsp3) is 0.308. The highest BCUT2D eigenvalue weighted by Crippen LogP contribution is 2.36. The first kappa shape index (κ1) is 34.6. The van der Waals surface area contributed by atoms with E-state index >= 15 is 0 Å². The Balaban J connectivity index is 1.44. The third-order valence-electron chi connectivity index (χ3n) is 7.54. The van der Waals surface area contributed by atoms with Crippen molar-refractivity contribution in [2.24, 2.45) is 0 Å². The second-order valence-electron chi connectivity index (χ2n) is 11.0. The van der Waals surface area contributed by atoms with E-state index in [9.17, 15) is 4.79 Å². The number of rotatable bonds is 17. The molecule has 1 aliphatic rings. The van der Waals surface area contributed by atoms with Gasteiger partial charge in [-0.2, -0.15) is 0 Å². The Labute approximate surface area is 281 Å². The van der Waals surface area contributed by atoms with E-state index in [1.54, 1.807) is 12.3 Å². The number of hydrogen-bond donors (Lipinski definition) is 0. The average Bonchev–Trinajstić information content (AvgIpc) is 3.11. The lowest BCUT2D eigenvalue weighted by molar-refractivity contribution is -0.254. The Morgan fingerprint density at radius 2 is 1.09 bits per heavy atom. The van der Waals surface area contributed by atoms with Crippen LogP contribution in [0, 0.1) is 0 Å². The molecule has 0 N–H and O–H groups in total. The summed E-state index contributed by atoms with van der Waals surface area (Å²) in [5.74, 6) is -0.416. The summed E-state index contributed by atoms with van der Waals surface area (Å²) in [5.41, 5.74) is 3.62. The average molecular weight is 655 g/mol. The summed E-state index contributed by atoms with van der Waals surface area (Å²) in [4.78, 5) is 12.2. The lowest BCUT2D eigenvalue weighted by atomic mass is 9.98. The molecule has 7 nitrogen and oxygen atoms in total. The van der Waals surface area contributed by atoms with Crippen molar-refractivity contribution in [1.82, 2.24) is 0 Å². The summed E-state index contributed by atoms with van der Waals surface area (Å²) in [6.07, 6.45) is -0.698. The highest BCUT2D eigenvalue weighted by Gasteiger charge is 2.48. The van der Waals surface area contributed by atoms with Gasteiger partial charge in [-0.15, -0.1) is 0 Å². The monoisotopic (exact) mass is 654 g/mol. The van der Waals surface area contributed by atoms with Crippen LogP contribution in [0.3, 0.4) is 0 Å². The molecule has 4 aromatic rings. The van der Waals surface area contributed by atoms with Crippen LogP contribution in [-0.4, -0.2) is 49.0 Å². The molecule has 5 atom stereocenters. The van der Waals surface area contributed by atoms with Gasteiger partial charge in [0.15, 0.2) is 0 Å². The van der Waals surface area contributed by atoms with Crippen LogP contribution < -0.4 is 0 Å². The Morgan fingerprint density at radius 3 is 1.57 bits per heavy atom. The van der Waals surface area contributed by atoms with E-state index in [1.807, 2.05) is 121 Å². The van der Waals surface area contributed by atoms with Crippen molar-refractivity contribution in [3.05, 3.63) is 155 Å². The first-order valence-electron chi connectivity index (χ1n) is 15.9. The zero-order chi connectivity index (χ0) is 32.5. The van der Waals surface area contributed by atoms with Crippen LogP contribution in [0.15, 0.2) is 133 Å². The van der Waals surface area contributed by atoms with E-state index in [1.165, 1.54) is 17.8 Å². The zero-order valence-corrected chi connectivity index (χ0v) is 27.4. The second kappa shape index (κ2) is 19.2. The summed E-state index contributed by atoms with van der Waals surface area (Å²) in [6, 6.07) is 40.1. The second-order valence-corrected chi connectivity index (χ2v) is 12.0. The predicted molar refractivity (Wildman–Crippen MR) is 183 cm³/mol. The molecule has 246 valence electrons. The molecule has 4 aromatic carbocycles. The minimum atomic E-state index is -0.554. The molecule has 47 heavy (non-hydrogen) atoms. The van der Waals surface area contributed by atoms with Crippen molar-refractivity contribution < 1.29 is 33.2 Å². The van der Waals surface area contributed by atoms with Gasteiger partial charge in [-0.1, -0.05) is 133 Å². The molecule has 0 bridgehead atoms. The quantitative estimate of drug-likeness (QED) is 0.0857. The summed E-state index contributed by atoms with van der Waals surface area (Å²) in [6.45, 7) is 3.84. The van der Waals surface area contributed by atoms with Crippen molar-refractivity contribution in [2.75, 3.05) is 13.2 Å². The fourth-order valence-electron chi connectivity index (χ4n) is 5.22. The van der Waals surface area contributed by atoms with Crippen LogP contribution in [-0.2, 0) is 59.6 Å². The molecule has 0 aromatic heterocycles. The summed E-state index contributed by atoms with van der Waals surface area (Å²) in [5, 5.41) is 1.70. The van der Waals surface area contributed by atoms with Gasteiger partial charge >= 0.3 is 5.97 Å². The maximum absolute atomic E-state index is 12.2. The number of carbonyl (C=O) groups excluding carboxylic acids is 1. The van der Waals surface area contributed by atoms with Crippen molar-refractivity contribution in [3.63, 3.8) is 0 Å². The predicted octanol–water partition coefficient (Wildman–Crippen LogP) is 7.49. The molecule has 5 rings (SSSR count). The van der Waals surface area contributed by atoms with Crippen molar-refractivity contribution in [1.29, 1.82) is 0 Å². The van der Waals surface area contributed by atoms with Crippen LogP contribution in [0.2, 0.25) is 0 Å². The molecule has 0 saturated carbocycles. The van der Waals surface area contributed by atoms with Gasteiger partial charge in [-0.3, -0.25) is 0 Å². The van der Waals surface area contributed by atoms with Gasteiger partial charge in [0.2, 0.25) is 0 Å². The van der Waals surface area contributed by atoms with E-state index in [0.717, 1.165) is 22.3 Å². The minimum Gasteiger partial charge on any atom is -0.463 e. The van der Waals surface area contributed by atoms with Gasteiger partial charge in [0, 0.05) is 6.08 Å². The number of benzene rings is 4. The molecular weight excluding hydrogens is 612 g/mol. The molecular formula is C39H42O7S. The van der Waals surface area contributed by atoms with Crippen molar-refractivity contribution >= 4 is 17.7 Å². The lowest BCUT2D eigenvalue weighted by Gasteiger charge is -2.45. The first-order chi connectivity index (χ1) is 23.2. The standard InChI is InChI=1S/C39H42O7S/c1-2-42-35(40)23-24-47-39-38(45-28-33-21-13-6-14-22-33)37(44-27-32-19-11-5-12-20-32)36(43-26-31-17-9-4-10-18-31)34(46-39)29-41-25-30-15-7-3-8-16-30/h3-24,34,36-39H,2,25-29H2,1H3/b24-23+/t34-,36-,37+,38-,39-/m1/s1. The third-order valence-corrected chi connectivity index (χ3v) is 8.48. The highest BCUT2D eigenvalue weighted by molar-refractivity contribution is 8.02. The minimum absolute atomic E-state index is 0.267. The number of esters is 1. The molecule has 1 saturated heterocycles. The van der Waals surface area contributed by atoms with E-state index in [2.05, 4.69) is 0 Å². The van der Waals surface area contributed by atoms with Crippen LogP contribution in [0.1, 0.15) is 29.2 Å². The molecule has 1 aliphatic heterocycles. The fourth-order valence-corrected chi connectivity index (χ4v) is 6.16. The largest absolute Gasteiger partial charge is 0.463 e. The summed E-state index contributed by atoms with van der Waals surface area (Å²) >= 11 is 1.35. The van der Waals surface area contributed by atoms with Gasteiger partial charge in [0.1, 0.15) is 29.9 Å². The van der Waals surface area contributed by atoms with Gasteiger partial charge in [0.25, 0.3) is 0 Å². The van der Waals surface area contributed by atoms with E-state index in [-0.39, 0.29) is 6.61 Å². The van der Waals surface area contributed by atoms with E-state index in [0.29, 0.717) is 33.0 Å². The molecule has 0 amide bonds. The Kier molecular flexibility index (Phi) is 14.1. The molecule has 0 spiro atoms. The number of ether oxygens (including phenoxy) is 6. The highest BCUT2D eigenvalue weighted by atomic mass is 32.2. The van der Waals surface area contributed by atoms with Crippen LogP contribution in [0.4, 0.5) is 0 Å². The maximum atomic E-state index is 12.2. The molecule has 0 unspecified atom stereocenters. The Hall–Kier alpha value is -3.76. The van der Waals surface area contributed by atoms with E-state index < -0.39 is 35.8 Å². The van der Waals surface area contributed by atoms with Gasteiger partial charge < -0.3 is 28.4 Å². The van der Waals surface area contributed by atoms with Crippen molar-refractivity contribution in [2.45, 2.75) is 63.2 Å². The number of hydrogen-bond acceptors (Lipinski definition) is 8. The smallest absolute Gasteiger partial charge is 0.331 e. The Morgan fingerprint density at radius 1 is 0.638 bits per heavy atom. The molecule has 0 aliphatic carbocycles. The summed E-state index contributed by atoms with van der Waals surface area (Å²) in [7, 11) is 0. The number of thioether (sulfide) groups is 1. The molecule has 8 heteroatoms. The van der Waals surface area contributed by atoms with Gasteiger partial charge in [-0.25, -0.2) is 4.79 Å².